The molecule has 12 heteroatoms. The molecule has 4 atom stereocenters. The van der Waals surface area contributed by atoms with E-state index in [2.05, 4.69) is 30.9 Å². The van der Waals surface area contributed by atoms with Crippen molar-refractivity contribution in [2.75, 3.05) is 12.3 Å². The van der Waals surface area contributed by atoms with Crippen LogP contribution >= 0.6 is 15.9 Å². The molecule has 0 aliphatic carbocycles. The van der Waals surface area contributed by atoms with Gasteiger partial charge < -0.3 is 28.6 Å². The van der Waals surface area contributed by atoms with Gasteiger partial charge in [-0.05, 0) is 15.9 Å². The summed E-state index contributed by atoms with van der Waals surface area (Å²) < 4.78 is 7.23. The van der Waals surface area contributed by atoms with Gasteiger partial charge in [0.1, 0.15) is 24.6 Å². The Labute approximate surface area is 181 Å². The number of halogens is 1. The number of aliphatic hydroxyl groups excluding tert-OH is 3. The molecule has 2 aromatic rings. The Hall–Kier alpha value is 0.670. The average Bonchev–Trinajstić information content (AvgIpc) is 2.90. The van der Waals surface area contributed by atoms with Crippen molar-refractivity contribution in [3.05, 3.63) is 11.1 Å². The van der Waals surface area contributed by atoms with Crippen molar-refractivity contribution in [2.24, 2.45) is 0 Å². The minimum absolute atomic E-state index is 0. The van der Waals surface area contributed by atoms with Crippen molar-refractivity contribution in [3.63, 3.8) is 0 Å². The van der Waals surface area contributed by atoms with E-state index in [0.29, 0.717) is 15.9 Å². The van der Waals surface area contributed by atoms with E-state index in [0.717, 1.165) is 0 Å². The van der Waals surface area contributed by atoms with Crippen LogP contribution in [0.4, 0.5) is 5.82 Å². The number of imidazole rings is 1. The van der Waals surface area contributed by atoms with Gasteiger partial charge in [0.15, 0.2) is 27.9 Å². The SMILES string of the molecule is Nc1ncnc2c1nc(Br)n2[C@@H]1O[C@H](CO)[C@@H](O)[C@H]1O.[H-].[H-].[Na+].[Na+]. The van der Waals surface area contributed by atoms with E-state index in [-0.39, 0.29) is 67.8 Å². The van der Waals surface area contributed by atoms with E-state index < -0.39 is 31.1 Å². The van der Waals surface area contributed by atoms with Crippen molar-refractivity contribution >= 4 is 32.9 Å². The Morgan fingerprint density at radius 3 is 2.59 bits per heavy atom. The van der Waals surface area contributed by atoms with Crippen LogP contribution in [0.25, 0.3) is 11.2 Å². The van der Waals surface area contributed by atoms with Crippen LogP contribution in [0.15, 0.2) is 11.1 Å². The van der Waals surface area contributed by atoms with Gasteiger partial charge in [0.25, 0.3) is 0 Å². The van der Waals surface area contributed by atoms with E-state index in [1.54, 1.807) is 0 Å². The second-order valence-corrected chi connectivity index (χ2v) is 5.12. The molecule has 9 nitrogen and oxygen atoms in total. The minimum Gasteiger partial charge on any atom is -1.00 e. The molecule has 0 spiro atoms. The normalized spacial score (nSPS) is 27.5. The molecule has 3 rings (SSSR count). The fourth-order valence-electron chi connectivity index (χ4n) is 2.22. The first kappa shape index (κ1) is 20.7. The summed E-state index contributed by atoms with van der Waals surface area (Å²) in [6.07, 6.45) is -2.97. The number of nitrogens with zero attached hydrogens (tertiary/aromatic N) is 4. The molecule has 5 N–H and O–H groups in total. The third kappa shape index (κ3) is 3.38. The number of rotatable bonds is 2. The largest absolute Gasteiger partial charge is 1.00 e. The second-order valence-electron chi connectivity index (χ2n) is 4.41. The summed E-state index contributed by atoms with van der Waals surface area (Å²) in [4.78, 5) is 12.1. The van der Waals surface area contributed by atoms with E-state index in [1.807, 2.05) is 0 Å². The first-order chi connectivity index (χ1) is 9.54. The van der Waals surface area contributed by atoms with Gasteiger partial charge in [-0.25, -0.2) is 15.0 Å². The van der Waals surface area contributed by atoms with Crippen LogP contribution in [-0.4, -0.2) is 59.8 Å². The maximum atomic E-state index is 10.1. The summed E-state index contributed by atoms with van der Waals surface area (Å²) in [5.41, 5.74) is 6.43. The fraction of sp³-hybridized carbons (Fsp3) is 0.500. The van der Waals surface area contributed by atoms with Crippen LogP contribution in [0.2, 0.25) is 0 Å². The van der Waals surface area contributed by atoms with Gasteiger partial charge in [0, 0.05) is 0 Å². The number of aliphatic hydroxyl groups is 3. The van der Waals surface area contributed by atoms with Gasteiger partial charge in [-0.2, -0.15) is 0 Å². The number of ether oxygens (including phenoxy) is 1. The Bertz CT molecular complexity index is 669. The third-order valence-electron chi connectivity index (χ3n) is 3.23. The summed E-state index contributed by atoms with van der Waals surface area (Å²) >= 11 is 3.24. The van der Waals surface area contributed by atoms with Crippen LogP contribution < -0.4 is 64.8 Å². The first-order valence-electron chi connectivity index (χ1n) is 5.81. The second kappa shape index (κ2) is 8.17. The quantitative estimate of drug-likeness (QED) is 0.291. The minimum atomic E-state index is -1.22. The third-order valence-corrected chi connectivity index (χ3v) is 3.79. The predicted molar refractivity (Wildman–Crippen MR) is 72.7 cm³/mol. The Morgan fingerprint density at radius 2 is 2.00 bits per heavy atom. The summed E-state index contributed by atoms with van der Waals surface area (Å²) in [7, 11) is 0. The van der Waals surface area contributed by atoms with Crippen LogP contribution in [0.5, 0.6) is 0 Å². The number of hydrogen-bond acceptors (Lipinski definition) is 8. The van der Waals surface area contributed by atoms with Crippen LogP contribution in [0.3, 0.4) is 0 Å². The van der Waals surface area contributed by atoms with Gasteiger partial charge in [0.05, 0.1) is 6.61 Å². The predicted octanol–water partition coefficient (Wildman–Crippen LogP) is -6.98. The molecule has 1 aliphatic heterocycles. The zero-order valence-electron chi connectivity index (χ0n) is 14.1. The summed E-state index contributed by atoms with van der Waals surface area (Å²) in [5.74, 6) is 0.196. The van der Waals surface area contributed by atoms with E-state index >= 15 is 0 Å². The molecular weight excluding hydrogens is 380 g/mol. The maximum Gasteiger partial charge on any atom is 1.00 e. The molecule has 1 aliphatic rings. The van der Waals surface area contributed by atoms with Crippen molar-refractivity contribution in [3.8, 4) is 0 Å². The number of fused-ring (bicyclic) bond motifs is 1. The number of aromatic nitrogens is 4. The smallest absolute Gasteiger partial charge is 1.00 e. The van der Waals surface area contributed by atoms with Gasteiger partial charge in [-0.1, -0.05) is 0 Å². The maximum absolute atomic E-state index is 10.1. The summed E-state index contributed by atoms with van der Waals surface area (Å²) in [5, 5.41) is 29.0. The van der Waals surface area contributed by atoms with E-state index in [4.69, 9.17) is 15.6 Å². The summed E-state index contributed by atoms with van der Waals surface area (Å²) in [6, 6.07) is 0. The molecule has 22 heavy (non-hydrogen) atoms. The molecule has 0 unspecified atom stereocenters. The molecule has 1 fully saturated rings. The van der Waals surface area contributed by atoms with Gasteiger partial charge in [-0.3, -0.25) is 4.57 Å². The number of hydrogen-bond donors (Lipinski definition) is 4. The molecule has 0 saturated carbocycles. The monoisotopic (exact) mass is 393 g/mol. The van der Waals surface area contributed by atoms with Gasteiger partial charge >= 0.3 is 59.1 Å². The number of nitrogen functional groups attached to an aromatic ring is 1. The van der Waals surface area contributed by atoms with E-state index in [1.165, 1.54) is 10.9 Å². The Morgan fingerprint density at radius 1 is 1.32 bits per heavy atom. The van der Waals surface area contributed by atoms with Crippen molar-refractivity contribution in [2.45, 2.75) is 24.5 Å². The van der Waals surface area contributed by atoms with Crippen molar-refractivity contribution < 1.29 is 82.0 Å². The molecule has 0 bridgehead atoms. The zero-order valence-corrected chi connectivity index (χ0v) is 17.7. The first-order valence-corrected chi connectivity index (χ1v) is 6.60. The fourth-order valence-corrected chi connectivity index (χ4v) is 2.77. The van der Waals surface area contributed by atoms with Crippen molar-refractivity contribution in [1.82, 2.24) is 19.5 Å². The molecule has 0 amide bonds. The Balaban J connectivity index is 0. The average molecular weight is 394 g/mol. The summed E-state index contributed by atoms with van der Waals surface area (Å²) in [6.45, 7) is -0.407. The topological polar surface area (TPSA) is 140 Å². The molecule has 112 valence electrons. The van der Waals surface area contributed by atoms with E-state index in [9.17, 15) is 10.2 Å². The van der Waals surface area contributed by atoms with Crippen LogP contribution in [-0.2, 0) is 4.74 Å². The Kier molecular flexibility index (Phi) is 7.69. The molecule has 2 aromatic heterocycles. The molecule has 3 heterocycles. The molecule has 0 aromatic carbocycles. The standard InChI is InChI=1S/C10H12BrN5O4.2Na.2H/c11-10-15-4-7(12)13-2-14-8(4)16(10)9-6(19)5(18)3(1-17)20-9;;;;/h2-3,5-6,9,17-19H,1H2,(H2,12,13,14);;;;/q;2*+1;2*-1/t3-,5-,6-,9-;;;;/m1..../s1. The molecular formula is C10H14BrN5Na2O4. The van der Waals surface area contributed by atoms with Crippen LogP contribution in [0, 0.1) is 0 Å². The van der Waals surface area contributed by atoms with Crippen molar-refractivity contribution in [1.29, 1.82) is 0 Å². The van der Waals surface area contributed by atoms with Gasteiger partial charge in [0.2, 0.25) is 0 Å². The molecule has 1 saturated heterocycles. The molecule has 0 radical (unpaired) electrons. The number of nitrogens with two attached hydrogens (primary N) is 1. The number of anilines is 1. The van der Waals surface area contributed by atoms with Gasteiger partial charge in [-0.15, -0.1) is 0 Å². The zero-order chi connectivity index (χ0) is 14.4. The van der Waals surface area contributed by atoms with Crippen LogP contribution in [0.1, 0.15) is 9.08 Å².